The Hall–Kier alpha value is 0.460. The summed E-state index contributed by atoms with van der Waals surface area (Å²) in [6, 6.07) is 3.96. The largest absolute Gasteiger partial charge is 0.494 e. The fourth-order valence-electron chi connectivity index (χ4n) is 1.33. The van der Waals surface area contributed by atoms with Gasteiger partial charge >= 0.3 is 0 Å². The summed E-state index contributed by atoms with van der Waals surface area (Å²) in [7, 11) is 0. The third-order valence-corrected chi connectivity index (χ3v) is 5.39. The van der Waals surface area contributed by atoms with Gasteiger partial charge in [0.2, 0.25) is 0 Å². The van der Waals surface area contributed by atoms with Crippen LogP contribution >= 0.6 is 47.8 Å². The molecule has 1 nitrogen and oxygen atoms in total. The van der Waals surface area contributed by atoms with E-state index < -0.39 is 0 Å². The number of halogens is 3. The minimum atomic E-state index is 0.792. The molecule has 0 spiro atoms. The van der Waals surface area contributed by atoms with E-state index in [0.717, 1.165) is 32.2 Å². The molecule has 0 saturated heterocycles. The molecule has 0 atom stereocenters. The van der Waals surface area contributed by atoms with E-state index in [9.17, 15) is 0 Å². The molecular formula is C12H15Br3O. The van der Waals surface area contributed by atoms with E-state index >= 15 is 0 Å². The standard InChI is InChI=1S/C12H15Br3O/c1-2-3-4-5-6-16-9-7-10(13)12(15)11(14)8-9/h7-8H,2-6H2,1H3. The van der Waals surface area contributed by atoms with Gasteiger partial charge in [-0.1, -0.05) is 26.2 Å². The molecule has 1 aromatic rings. The van der Waals surface area contributed by atoms with Crippen LogP contribution in [0.5, 0.6) is 5.75 Å². The zero-order valence-corrected chi connectivity index (χ0v) is 14.0. The highest BCUT2D eigenvalue weighted by molar-refractivity contribution is 9.14. The normalized spacial score (nSPS) is 10.5. The van der Waals surface area contributed by atoms with Crippen molar-refractivity contribution in [2.45, 2.75) is 32.6 Å². The predicted molar refractivity (Wildman–Crippen MR) is 79.2 cm³/mol. The SMILES string of the molecule is CCCCCCOc1cc(Br)c(Br)c(Br)c1. The first-order valence-electron chi connectivity index (χ1n) is 5.42. The average Bonchev–Trinajstić information content (AvgIpc) is 2.25. The number of hydrogen-bond donors (Lipinski definition) is 0. The molecule has 0 radical (unpaired) electrons. The lowest BCUT2D eigenvalue weighted by Crippen LogP contribution is -1.97. The molecule has 1 aromatic carbocycles. The molecule has 1 rings (SSSR count). The van der Waals surface area contributed by atoms with Crippen LogP contribution in [0.2, 0.25) is 0 Å². The van der Waals surface area contributed by atoms with E-state index in [1.807, 2.05) is 12.1 Å². The zero-order valence-electron chi connectivity index (χ0n) is 9.23. The Morgan fingerprint density at radius 3 is 2.19 bits per heavy atom. The maximum absolute atomic E-state index is 5.69. The van der Waals surface area contributed by atoms with E-state index in [1.54, 1.807) is 0 Å². The van der Waals surface area contributed by atoms with Crippen molar-refractivity contribution in [1.82, 2.24) is 0 Å². The molecule has 0 aromatic heterocycles. The summed E-state index contributed by atoms with van der Waals surface area (Å²) in [6.45, 7) is 3.00. The highest BCUT2D eigenvalue weighted by Gasteiger charge is 2.05. The number of benzene rings is 1. The highest BCUT2D eigenvalue weighted by atomic mass is 79.9. The lowest BCUT2D eigenvalue weighted by atomic mass is 10.2. The van der Waals surface area contributed by atoms with Crippen LogP contribution in [0.1, 0.15) is 32.6 Å². The molecule has 0 saturated carbocycles. The quantitative estimate of drug-likeness (QED) is 0.414. The molecule has 0 unspecified atom stereocenters. The Bertz CT molecular complexity index is 316. The lowest BCUT2D eigenvalue weighted by Gasteiger charge is -2.08. The fourth-order valence-corrected chi connectivity index (χ4v) is 2.71. The topological polar surface area (TPSA) is 9.23 Å². The first-order valence-corrected chi connectivity index (χ1v) is 7.80. The van der Waals surface area contributed by atoms with Gasteiger partial charge in [0, 0.05) is 13.4 Å². The van der Waals surface area contributed by atoms with Crippen molar-refractivity contribution < 1.29 is 4.74 Å². The second kappa shape index (κ2) is 7.72. The minimum Gasteiger partial charge on any atom is -0.494 e. The third kappa shape index (κ3) is 4.76. The van der Waals surface area contributed by atoms with E-state index in [-0.39, 0.29) is 0 Å². The Labute approximate surface area is 122 Å². The Balaban J connectivity index is 2.43. The smallest absolute Gasteiger partial charge is 0.121 e. The van der Waals surface area contributed by atoms with Crippen LogP contribution < -0.4 is 4.74 Å². The first-order chi connectivity index (χ1) is 7.65. The van der Waals surface area contributed by atoms with Crippen LogP contribution in [0.3, 0.4) is 0 Å². The van der Waals surface area contributed by atoms with Gasteiger partial charge in [-0.2, -0.15) is 0 Å². The first kappa shape index (κ1) is 14.5. The molecule has 4 heteroatoms. The summed E-state index contributed by atoms with van der Waals surface area (Å²) in [6.07, 6.45) is 4.92. The van der Waals surface area contributed by atoms with Crippen molar-refractivity contribution in [2.24, 2.45) is 0 Å². The number of hydrogen-bond acceptors (Lipinski definition) is 1. The molecule has 0 aliphatic carbocycles. The van der Waals surface area contributed by atoms with Gasteiger partial charge < -0.3 is 4.74 Å². The number of ether oxygens (including phenoxy) is 1. The van der Waals surface area contributed by atoms with E-state index in [2.05, 4.69) is 54.7 Å². The zero-order chi connectivity index (χ0) is 12.0. The van der Waals surface area contributed by atoms with Crippen LogP contribution in [0.15, 0.2) is 25.6 Å². The van der Waals surface area contributed by atoms with Gasteiger partial charge in [0.15, 0.2) is 0 Å². The van der Waals surface area contributed by atoms with Gasteiger partial charge in [0.1, 0.15) is 5.75 Å². The van der Waals surface area contributed by atoms with Crippen molar-refractivity contribution in [2.75, 3.05) is 6.61 Å². The number of unbranched alkanes of at least 4 members (excludes halogenated alkanes) is 3. The molecule has 0 fully saturated rings. The summed E-state index contributed by atoms with van der Waals surface area (Å²) in [5.74, 6) is 0.901. The molecule has 0 heterocycles. The summed E-state index contributed by atoms with van der Waals surface area (Å²) in [5, 5.41) is 0. The van der Waals surface area contributed by atoms with Crippen molar-refractivity contribution in [3.05, 3.63) is 25.6 Å². The Morgan fingerprint density at radius 2 is 1.62 bits per heavy atom. The van der Waals surface area contributed by atoms with Crippen molar-refractivity contribution in [3.63, 3.8) is 0 Å². The molecule has 0 aliphatic rings. The summed E-state index contributed by atoms with van der Waals surface area (Å²) in [4.78, 5) is 0. The molecule has 0 bridgehead atoms. The van der Waals surface area contributed by atoms with Gasteiger partial charge in [-0.05, 0) is 66.3 Å². The highest BCUT2D eigenvalue weighted by Crippen LogP contribution is 2.34. The minimum absolute atomic E-state index is 0.792. The lowest BCUT2D eigenvalue weighted by molar-refractivity contribution is 0.304. The second-order valence-corrected chi connectivity index (χ2v) is 6.11. The van der Waals surface area contributed by atoms with Crippen molar-refractivity contribution >= 4 is 47.8 Å². The van der Waals surface area contributed by atoms with Crippen LogP contribution in [0.4, 0.5) is 0 Å². The predicted octanol–water partition coefficient (Wildman–Crippen LogP) is 5.93. The average molecular weight is 415 g/mol. The van der Waals surface area contributed by atoms with Gasteiger partial charge in [0.25, 0.3) is 0 Å². The van der Waals surface area contributed by atoms with E-state index in [1.165, 1.54) is 19.3 Å². The maximum Gasteiger partial charge on any atom is 0.121 e. The van der Waals surface area contributed by atoms with Crippen LogP contribution in [-0.4, -0.2) is 6.61 Å². The summed E-state index contributed by atoms with van der Waals surface area (Å²) in [5.41, 5.74) is 0. The third-order valence-electron chi connectivity index (χ3n) is 2.22. The van der Waals surface area contributed by atoms with Gasteiger partial charge in [-0.15, -0.1) is 0 Å². The summed E-state index contributed by atoms with van der Waals surface area (Å²) < 4.78 is 8.72. The number of rotatable bonds is 6. The summed E-state index contributed by atoms with van der Waals surface area (Å²) >= 11 is 10.4. The van der Waals surface area contributed by atoms with Crippen LogP contribution in [0, 0.1) is 0 Å². The van der Waals surface area contributed by atoms with E-state index in [4.69, 9.17) is 4.74 Å². The molecule has 90 valence electrons. The van der Waals surface area contributed by atoms with Crippen molar-refractivity contribution in [3.8, 4) is 5.75 Å². The van der Waals surface area contributed by atoms with Crippen molar-refractivity contribution in [1.29, 1.82) is 0 Å². The van der Waals surface area contributed by atoms with Gasteiger partial charge in [0.05, 0.1) is 6.61 Å². The van der Waals surface area contributed by atoms with Crippen LogP contribution in [-0.2, 0) is 0 Å². The fraction of sp³-hybridized carbons (Fsp3) is 0.500. The van der Waals surface area contributed by atoms with Gasteiger partial charge in [-0.25, -0.2) is 0 Å². The molecule has 16 heavy (non-hydrogen) atoms. The van der Waals surface area contributed by atoms with Gasteiger partial charge in [-0.3, -0.25) is 0 Å². The molecule has 0 aliphatic heterocycles. The van der Waals surface area contributed by atoms with Crippen LogP contribution in [0.25, 0.3) is 0 Å². The Morgan fingerprint density at radius 1 is 1.00 bits per heavy atom. The second-order valence-electron chi connectivity index (χ2n) is 3.61. The van der Waals surface area contributed by atoms with E-state index in [0.29, 0.717) is 0 Å². The monoisotopic (exact) mass is 412 g/mol. The maximum atomic E-state index is 5.69. The Kier molecular flexibility index (Phi) is 7.01. The molecule has 0 N–H and O–H groups in total. The molecular weight excluding hydrogens is 400 g/mol. The molecule has 0 amide bonds.